The van der Waals surface area contributed by atoms with Gasteiger partial charge in [-0.1, -0.05) is 56.5 Å². The van der Waals surface area contributed by atoms with Crippen molar-refractivity contribution < 1.29 is 9.59 Å². The van der Waals surface area contributed by atoms with Crippen molar-refractivity contribution in [3.05, 3.63) is 35.9 Å². The summed E-state index contributed by atoms with van der Waals surface area (Å²) in [6.07, 6.45) is 5.47. The quantitative estimate of drug-likeness (QED) is 0.836. The van der Waals surface area contributed by atoms with Crippen LogP contribution in [0.1, 0.15) is 50.5 Å². The molecule has 1 aromatic rings. The van der Waals surface area contributed by atoms with Crippen LogP contribution in [0.15, 0.2) is 30.3 Å². The zero-order chi connectivity index (χ0) is 15.1. The summed E-state index contributed by atoms with van der Waals surface area (Å²) in [6, 6.07) is 10.1. The van der Waals surface area contributed by atoms with Crippen LogP contribution in [0.2, 0.25) is 0 Å². The van der Waals surface area contributed by atoms with Crippen LogP contribution in [0, 0.1) is 0 Å². The Hall–Kier alpha value is -1.84. The Morgan fingerprint density at radius 1 is 1.10 bits per heavy atom. The number of hydrogen-bond acceptors (Lipinski definition) is 2. The molecule has 0 radical (unpaired) electrons. The summed E-state index contributed by atoms with van der Waals surface area (Å²) in [5.41, 5.74) is 1.16. The topological polar surface area (TPSA) is 58.2 Å². The number of benzene rings is 1. The minimum absolute atomic E-state index is 0.170. The second kappa shape index (κ2) is 7.81. The molecule has 2 amide bonds. The highest BCUT2D eigenvalue weighted by atomic mass is 16.2. The van der Waals surface area contributed by atoms with Gasteiger partial charge < -0.3 is 10.6 Å². The first-order chi connectivity index (χ1) is 10.2. The lowest BCUT2D eigenvalue weighted by molar-refractivity contribution is -0.139. The molecular formula is C17H24N2O2. The lowest BCUT2D eigenvalue weighted by atomic mass is 9.95. The standard InChI is InChI=1S/C17H24N2O2/c1-13(14-8-4-2-5-9-14)12-18-16(20)17(21)19-15-10-6-3-7-11-15/h2,4-5,8-9,13,15H,3,6-7,10-12H2,1H3,(H,18,20)(H,19,21)/t13-/m1/s1. The highest BCUT2D eigenvalue weighted by Crippen LogP contribution is 2.17. The van der Waals surface area contributed by atoms with Crippen molar-refractivity contribution in [2.24, 2.45) is 0 Å². The van der Waals surface area contributed by atoms with Gasteiger partial charge in [-0.25, -0.2) is 0 Å². The van der Waals surface area contributed by atoms with Crippen LogP contribution < -0.4 is 10.6 Å². The van der Waals surface area contributed by atoms with Gasteiger partial charge in [0, 0.05) is 12.6 Å². The van der Waals surface area contributed by atoms with Gasteiger partial charge in [0.2, 0.25) is 0 Å². The zero-order valence-corrected chi connectivity index (χ0v) is 12.6. The lowest BCUT2D eigenvalue weighted by Gasteiger charge is -2.22. The van der Waals surface area contributed by atoms with Crippen LogP contribution in [0.5, 0.6) is 0 Å². The molecule has 2 rings (SSSR count). The first kappa shape index (κ1) is 15.5. The Morgan fingerprint density at radius 2 is 1.76 bits per heavy atom. The van der Waals surface area contributed by atoms with Gasteiger partial charge in [0.1, 0.15) is 0 Å². The van der Waals surface area contributed by atoms with Gasteiger partial charge in [-0.05, 0) is 24.3 Å². The van der Waals surface area contributed by atoms with Gasteiger partial charge in [0.05, 0.1) is 0 Å². The van der Waals surface area contributed by atoms with Crippen LogP contribution in [0.25, 0.3) is 0 Å². The summed E-state index contributed by atoms with van der Waals surface area (Å²) in [5, 5.41) is 5.55. The molecule has 0 spiro atoms. The maximum Gasteiger partial charge on any atom is 0.309 e. The second-order valence-corrected chi connectivity index (χ2v) is 5.83. The van der Waals surface area contributed by atoms with Crippen LogP contribution in [-0.4, -0.2) is 24.4 Å². The molecule has 1 aliphatic carbocycles. The van der Waals surface area contributed by atoms with Gasteiger partial charge >= 0.3 is 11.8 Å². The molecule has 1 fully saturated rings. The number of hydrogen-bond donors (Lipinski definition) is 2. The van der Waals surface area contributed by atoms with Crippen molar-refractivity contribution in [3.8, 4) is 0 Å². The molecule has 1 aliphatic rings. The van der Waals surface area contributed by atoms with E-state index in [4.69, 9.17) is 0 Å². The minimum Gasteiger partial charge on any atom is -0.347 e. The molecule has 1 aromatic carbocycles. The largest absolute Gasteiger partial charge is 0.347 e. The van der Waals surface area contributed by atoms with Crippen molar-refractivity contribution in [1.82, 2.24) is 10.6 Å². The minimum atomic E-state index is -0.525. The average molecular weight is 288 g/mol. The Labute approximate surface area is 126 Å². The molecule has 21 heavy (non-hydrogen) atoms. The van der Waals surface area contributed by atoms with Gasteiger partial charge in [-0.3, -0.25) is 9.59 Å². The molecule has 1 atom stereocenters. The Balaban J connectivity index is 1.74. The number of carbonyl (C=O) groups is 2. The lowest BCUT2D eigenvalue weighted by Crippen LogP contribution is -2.45. The number of carbonyl (C=O) groups excluding carboxylic acids is 2. The Bertz CT molecular complexity index is 467. The maximum atomic E-state index is 11.8. The van der Waals surface area contributed by atoms with Crippen molar-refractivity contribution in [2.75, 3.05) is 6.54 Å². The molecule has 0 aliphatic heterocycles. The van der Waals surface area contributed by atoms with Crippen molar-refractivity contribution in [2.45, 2.75) is 51.0 Å². The number of rotatable bonds is 4. The molecule has 1 saturated carbocycles. The molecule has 4 nitrogen and oxygen atoms in total. The first-order valence-corrected chi connectivity index (χ1v) is 7.80. The summed E-state index contributed by atoms with van der Waals surface area (Å²) in [6.45, 7) is 2.51. The fourth-order valence-electron chi connectivity index (χ4n) is 2.72. The summed E-state index contributed by atoms with van der Waals surface area (Å²) < 4.78 is 0. The molecular weight excluding hydrogens is 264 g/mol. The van der Waals surface area contributed by atoms with Crippen molar-refractivity contribution in [1.29, 1.82) is 0 Å². The fourth-order valence-corrected chi connectivity index (χ4v) is 2.72. The van der Waals surface area contributed by atoms with Gasteiger partial charge in [0.25, 0.3) is 0 Å². The summed E-state index contributed by atoms with van der Waals surface area (Å²) in [4.78, 5) is 23.7. The molecule has 0 unspecified atom stereocenters. The third-order valence-electron chi connectivity index (χ3n) is 4.08. The van der Waals surface area contributed by atoms with E-state index in [2.05, 4.69) is 10.6 Å². The van der Waals surface area contributed by atoms with Crippen molar-refractivity contribution >= 4 is 11.8 Å². The van der Waals surface area contributed by atoms with E-state index in [1.54, 1.807) is 0 Å². The number of amides is 2. The molecule has 0 heterocycles. The summed E-state index contributed by atoms with van der Waals surface area (Å²) in [5.74, 6) is -0.830. The predicted octanol–water partition coefficient (Wildman–Crippen LogP) is 2.36. The van der Waals surface area contributed by atoms with Crippen LogP contribution in [0.4, 0.5) is 0 Å². The predicted molar refractivity (Wildman–Crippen MR) is 82.9 cm³/mol. The van der Waals surface area contributed by atoms with E-state index in [-0.39, 0.29) is 12.0 Å². The van der Waals surface area contributed by atoms with E-state index >= 15 is 0 Å². The van der Waals surface area contributed by atoms with Crippen LogP contribution in [0.3, 0.4) is 0 Å². The third-order valence-corrected chi connectivity index (χ3v) is 4.08. The number of nitrogens with one attached hydrogen (secondary N) is 2. The first-order valence-electron chi connectivity index (χ1n) is 7.80. The van der Waals surface area contributed by atoms with E-state index in [1.807, 2.05) is 37.3 Å². The monoisotopic (exact) mass is 288 g/mol. The molecule has 0 bridgehead atoms. The van der Waals surface area contributed by atoms with Gasteiger partial charge in [0.15, 0.2) is 0 Å². The maximum absolute atomic E-state index is 11.8. The Kier molecular flexibility index (Phi) is 5.78. The molecule has 0 saturated heterocycles. The van der Waals surface area contributed by atoms with E-state index in [0.29, 0.717) is 6.54 Å². The molecule has 4 heteroatoms. The van der Waals surface area contributed by atoms with Crippen LogP contribution >= 0.6 is 0 Å². The third kappa shape index (κ3) is 4.88. The Morgan fingerprint density at radius 3 is 2.43 bits per heavy atom. The molecule has 2 N–H and O–H groups in total. The van der Waals surface area contributed by atoms with Gasteiger partial charge in [-0.15, -0.1) is 0 Å². The highest BCUT2D eigenvalue weighted by Gasteiger charge is 2.20. The van der Waals surface area contributed by atoms with E-state index in [0.717, 1.165) is 31.2 Å². The smallest absolute Gasteiger partial charge is 0.309 e. The van der Waals surface area contributed by atoms with Gasteiger partial charge in [-0.2, -0.15) is 0 Å². The fraction of sp³-hybridized carbons (Fsp3) is 0.529. The molecule has 0 aromatic heterocycles. The van der Waals surface area contributed by atoms with Crippen LogP contribution in [-0.2, 0) is 9.59 Å². The SMILES string of the molecule is C[C@H](CNC(=O)C(=O)NC1CCCCC1)c1ccccc1. The summed E-state index contributed by atoms with van der Waals surface area (Å²) >= 11 is 0. The summed E-state index contributed by atoms with van der Waals surface area (Å²) in [7, 11) is 0. The second-order valence-electron chi connectivity index (χ2n) is 5.83. The highest BCUT2D eigenvalue weighted by molar-refractivity contribution is 6.35. The van der Waals surface area contributed by atoms with E-state index in [9.17, 15) is 9.59 Å². The normalized spacial score (nSPS) is 17.0. The van der Waals surface area contributed by atoms with Crippen molar-refractivity contribution in [3.63, 3.8) is 0 Å². The van der Waals surface area contributed by atoms with E-state index < -0.39 is 11.8 Å². The van der Waals surface area contributed by atoms with E-state index in [1.165, 1.54) is 6.42 Å². The zero-order valence-electron chi connectivity index (χ0n) is 12.6. The molecule has 114 valence electrons. The average Bonchev–Trinajstić information content (AvgIpc) is 2.54.